The number of guanidine groups is 1. The molecule has 0 bridgehead atoms. The van der Waals surface area contributed by atoms with Gasteiger partial charge in [-0.15, -0.1) is 24.0 Å². The van der Waals surface area contributed by atoms with Gasteiger partial charge in [-0.1, -0.05) is 5.16 Å². The van der Waals surface area contributed by atoms with Gasteiger partial charge in [0.1, 0.15) is 0 Å². The number of anilines is 1. The number of rotatable bonds is 4. The smallest absolute Gasteiger partial charge is 0.246 e. The van der Waals surface area contributed by atoms with Crippen molar-refractivity contribution in [2.75, 3.05) is 25.0 Å². The van der Waals surface area contributed by atoms with Crippen LogP contribution in [0.1, 0.15) is 18.1 Å². The summed E-state index contributed by atoms with van der Waals surface area (Å²) in [5, 5.41) is 10.2. The van der Waals surface area contributed by atoms with Crippen LogP contribution in [0.3, 0.4) is 0 Å². The molecule has 0 saturated carbocycles. The zero-order valence-corrected chi connectivity index (χ0v) is 16.4. The summed E-state index contributed by atoms with van der Waals surface area (Å²) in [7, 11) is 1.69. The quantitative estimate of drug-likeness (QED) is 0.405. The molecule has 136 valence electrons. The first kappa shape index (κ1) is 19.3. The van der Waals surface area contributed by atoms with Crippen LogP contribution in [0.4, 0.5) is 10.2 Å². The van der Waals surface area contributed by atoms with Crippen LogP contribution in [0.25, 0.3) is 0 Å². The van der Waals surface area contributed by atoms with E-state index in [-0.39, 0.29) is 35.8 Å². The van der Waals surface area contributed by atoms with Crippen LogP contribution in [0, 0.1) is 12.7 Å². The Labute approximate surface area is 162 Å². The fourth-order valence-corrected chi connectivity index (χ4v) is 2.64. The van der Waals surface area contributed by atoms with Gasteiger partial charge in [0, 0.05) is 32.4 Å². The minimum Gasteiger partial charge on any atom is -0.352 e. The molecule has 2 N–H and O–H groups in total. The molecule has 0 amide bonds. The standard InChI is InChI=1S/C15H20FN7O.HI/c1-10-20-13(24-22-10)8-19-15(17-2)21-11-5-7-23(9-11)14-12(16)4-3-6-18-14;/h3-4,6,11H,5,7-9H2,1-2H3,(H2,17,19,21);1H. The van der Waals surface area contributed by atoms with Crippen LogP contribution >= 0.6 is 24.0 Å². The average Bonchev–Trinajstić information content (AvgIpc) is 3.21. The second-order valence-electron chi connectivity index (χ2n) is 5.55. The van der Waals surface area contributed by atoms with Crippen molar-refractivity contribution in [3.05, 3.63) is 35.9 Å². The number of aliphatic imine (C=N–C) groups is 1. The number of hydrogen-bond donors (Lipinski definition) is 2. The highest BCUT2D eigenvalue weighted by atomic mass is 127. The molecule has 25 heavy (non-hydrogen) atoms. The minimum absolute atomic E-state index is 0. The summed E-state index contributed by atoms with van der Waals surface area (Å²) in [5.74, 6) is 1.83. The Kier molecular flexibility index (Phi) is 6.91. The van der Waals surface area contributed by atoms with Crippen LogP contribution in [0.5, 0.6) is 0 Å². The maximum Gasteiger partial charge on any atom is 0.246 e. The third kappa shape index (κ3) is 5.00. The molecule has 1 saturated heterocycles. The lowest BCUT2D eigenvalue weighted by Gasteiger charge is -2.19. The predicted molar refractivity (Wildman–Crippen MR) is 103 cm³/mol. The largest absolute Gasteiger partial charge is 0.352 e. The van der Waals surface area contributed by atoms with Crippen molar-refractivity contribution < 1.29 is 8.91 Å². The second-order valence-corrected chi connectivity index (χ2v) is 5.55. The number of nitrogens with one attached hydrogen (secondary N) is 2. The summed E-state index contributed by atoms with van der Waals surface area (Å²) in [6.45, 7) is 3.56. The van der Waals surface area contributed by atoms with Crippen LogP contribution in [0.2, 0.25) is 0 Å². The van der Waals surface area contributed by atoms with Crippen molar-refractivity contribution in [1.82, 2.24) is 25.8 Å². The highest BCUT2D eigenvalue weighted by Crippen LogP contribution is 2.20. The first-order chi connectivity index (χ1) is 11.7. The first-order valence-corrected chi connectivity index (χ1v) is 7.77. The molecular formula is C15H21FIN7O. The molecule has 1 atom stereocenters. The Morgan fingerprint density at radius 2 is 2.36 bits per heavy atom. The van der Waals surface area contributed by atoms with Crippen LogP contribution in [-0.4, -0.2) is 47.3 Å². The fourth-order valence-electron chi connectivity index (χ4n) is 2.64. The lowest BCUT2D eigenvalue weighted by atomic mass is 10.3. The molecule has 0 aliphatic carbocycles. The molecule has 0 spiro atoms. The maximum absolute atomic E-state index is 13.8. The van der Waals surface area contributed by atoms with Gasteiger partial charge < -0.3 is 20.1 Å². The topological polar surface area (TPSA) is 91.5 Å². The van der Waals surface area contributed by atoms with Crippen molar-refractivity contribution in [3.8, 4) is 0 Å². The zero-order valence-electron chi connectivity index (χ0n) is 14.1. The van der Waals surface area contributed by atoms with Gasteiger partial charge in [0.05, 0.1) is 6.54 Å². The molecule has 1 fully saturated rings. The van der Waals surface area contributed by atoms with E-state index < -0.39 is 0 Å². The van der Waals surface area contributed by atoms with Gasteiger partial charge in [-0.05, 0) is 25.5 Å². The van der Waals surface area contributed by atoms with E-state index in [2.05, 4.69) is 30.8 Å². The molecule has 2 aromatic rings. The number of aromatic nitrogens is 3. The Morgan fingerprint density at radius 3 is 3.04 bits per heavy atom. The van der Waals surface area contributed by atoms with Crippen molar-refractivity contribution in [1.29, 1.82) is 0 Å². The summed E-state index contributed by atoms with van der Waals surface area (Å²) in [4.78, 5) is 14.4. The Morgan fingerprint density at radius 1 is 1.52 bits per heavy atom. The molecule has 3 rings (SSSR count). The van der Waals surface area contributed by atoms with Gasteiger partial charge in [0.15, 0.2) is 23.4 Å². The molecule has 1 aliphatic heterocycles. The Balaban J connectivity index is 0.00000225. The van der Waals surface area contributed by atoms with E-state index in [1.54, 1.807) is 26.2 Å². The molecule has 1 unspecified atom stereocenters. The van der Waals surface area contributed by atoms with E-state index in [0.717, 1.165) is 13.0 Å². The van der Waals surface area contributed by atoms with Gasteiger partial charge in [-0.3, -0.25) is 4.99 Å². The van der Waals surface area contributed by atoms with Crippen molar-refractivity contribution in [2.45, 2.75) is 25.9 Å². The predicted octanol–water partition coefficient (Wildman–Crippen LogP) is 1.47. The molecule has 10 heteroatoms. The number of pyridine rings is 1. The summed E-state index contributed by atoms with van der Waals surface area (Å²) in [5.41, 5.74) is 0. The van der Waals surface area contributed by atoms with Crippen molar-refractivity contribution in [2.24, 2.45) is 4.99 Å². The molecule has 2 aromatic heterocycles. The third-order valence-corrected chi connectivity index (χ3v) is 3.77. The molecular weight excluding hydrogens is 440 g/mol. The molecule has 0 aromatic carbocycles. The van der Waals surface area contributed by atoms with E-state index in [9.17, 15) is 4.39 Å². The van der Waals surface area contributed by atoms with Gasteiger partial charge in [0.2, 0.25) is 5.89 Å². The lowest BCUT2D eigenvalue weighted by molar-refractivity contribution is 0.371. The molecule has 1 aliphatic rings. The Hall–Kier alpha value is -1.98. The Bertz CT molecular complexity index is 723. The summed E-state index contributed by atoms with van der Waals surface area (Å²) >= 11 is 0. The second kappa shape index (κ2) is 8.92. The highest BCUT2D eigenvalue weighted by molar-refractivity contribution is 14.0. The third-order valence-electron chi connectivity index (χ3n) is 3.77. The van der Waals surface area contributed by atoms with E-state index in [1.807, 2.05) is 4.90 Å². The normalized spacial score (nSPS) is 17.3. The summed E-state index contributed by atoms with van der Waals surface area (Å²) < 4.78 is 18.9. The zero-order chi connectivity index (χ0) is 16.9. The SMILES string of the molecule is CN=C(NCc1nc(C)no1)NC1CCN(c2ncccc2F)C1.I. The number of nitrogens with zero attached hydrogens (tertiary/aromatic N) is 5. The van der Waals surface area contributed by atoms with Gasteiger partial charge in [-0.25, -0.2) is 9.37 Å². The monoisotopic (exact) mass is 461 g/mol. The van der Waals surface area contributed by atoms with Crippen LogP contribution < -0.4 is 15.5 Å². The van der Waals surface area contributed by atoms with Gasteiger partial charge in [0.25, 0.3) is 0 Å². The summed E-state index contributed by atoms with van der Waals surface area (Å²) in [6.07, 6.45) is 2.47. The highest BCUT2D eigenvalue weighted by Gasteiger charge is 2.25. The number of hydrogen-bond acceptors (Lipinski definition) is 6. The van der Waals surface area contributed by atoms with Gasteiger partial charge in [-0.2, -0.15) is 4.98 Å². The molecule has 3 heterocycles. The number of aryl methyl sites for hydroxylation is 1. The van der Waals surface area contributed by atoms with Crippen molar-refractivity contribution in [3.63, 3.8) is 0 Å². The summed E-state index contributed by atoms with van der Waals surface area (Å²) in [6, 6.07) is 3.17. The maximum atomic E-state index is 13.8. The molecule has 8 nitrogen and oxygen atoms in total. The molecule has 0 radical (unpaired) electrons. The van der Waals surface area contributed by atoms with E-state index in [1.165, 1.54) is 6.07 Å². The van der Waals surface area contributed by atoms with Crippen LogP contribution in [-0.2, 0) is 6.54 Å². The fraction of sp³-hybridized carbons (Fsp3) is 0.467. The minimum atomic E-state index is -0.299. The van der Waals surface area contributed by atoms with E-state index in [4.69, 9.17) is 4.52 Å². The van der Waals surface area contributed by atoms with E-state index >= 15 is 0 Å². The average molecular weight is 461 g/mol. The lowest BCUT2D eigenvalue weighted by Crippen LogP contribution is -2.44. The van der Waals surface area contributed by atoms with Crippen molar-refractivity contribution >= 4 is 35.8 Å². The van der Waals surface area contributed by atoms with Crippen LogP contribution in [0.15, 0.2) is 27.8 Å². The van der Waals surface area contributed by atoms with E-state index in [0.29, 0.717) is 36.6 Å². The first-order valence-electron chi connectivity index (χ1n) is 7.77. The van der Waals surface area contributed by atoms with Gasteiger partial charge >= 0.3 is 0 Å². The number of halogens is 2.